The number of carboxylic acids is 1. The van der Waals surface area contributed by atoms with Crippen LogP contribution in [0.25, 0.3) is 0 Å². The highest BCUT2D eigenvalue weighted by Crippen LogP contribution is 2.54. The molecule has 0 aromatic carbocycles. The van der Waals surface area contributed by atoms with Gasteiger partial charge in [0.15, 0.2) is 0 Å². The Bertz CT molecular complexity index is 393. The van der Waals surface area contributed by atoms with Gasteiger partial charge in [0, 0.05) is 31.7 Å². The second kappa shape index (κ2) is 6.64. The van der Waals surface area contributed by atoms with Gasteiger partial charge in [-0.15, -0.1) is 0 Å². The van der Waals surface area contributed by atoms with Crippen molar-refractivity contribution in [2.75, 3.05) is 20.2 Å². The molecule has 2 aliphatic carbocycles. The zero-order valence-electron chi connectivity index (χ0n) is 12.9. The second-order valence-corrected chi connectivity index (χ2v) is 6.19. The molecule has 2 unspecified atom stereocenters. The van der Waals surface area contributed by atoms with Gasteiger partial charge in [-0.3, -0.25) is 4.79 Å². The molecule has 0 aromatic rings. The highest BCUT2D eigenvalue weighted by molar-refractivity contribution is 5.75. The largest absolute Gasteiger partial charge is 0.481 e. The van der Waals surface area contributed by atoms with Crippen molar-refractivity contribution in [2.45, 2.75) is 57.6 Å². The molecule has 2 N–H and O–H groups in total. The van der Waals surface area contributed by atoms with Crippen molar-refractivity contribution in [3.8, 4) is 0 Å². The van der Waals surface area contributed by atoms with Crippen LogP contribution in [0.4, 0.5) is 4.79 Å². The van der Waals surface area contributed by atoms with E-state index < -0.39 is 5.97 Å². The van der Waals surface area contributed by atoms with E-state index in [0.717, 1.165) is 19.3 Å². The number of carboxylic acid groups (broad SMARTS) is 1. The summed E-state index contributed by atoms with van der Waals surface area (Å²) in [5.74, 6) is -0.887. The molecule has 2 atom stereocenters. The first-order valence-electron chi connectivity index (χ1n) is 7.84. The Morgan fingerprint density at radius 1 is 1.38 bits per heavy atom. The molecule has 0 aliphatic heterocycles. The van der Waals surface area contributed by atoms with Crippen LogP contribution in [0.3, 0.4) is 0 Å². The van der Waals surface area contributed by atoms with Crippen LogP contribution in [0.1, 0.15) is 45.4 Å². The molecular weight excluding hydrogens is 272 g/mol. The number of hydrogen-bond donors (Lipinski definition) is 2. The fourth-order valence-corrected chi connectivity index (χ4v) is 3.71. The summed E-state index contributed by atoms with van der Waals surface area (Å²) in [6.07, 6.45) is 5.73. The van der Waals surface area contributed by atoms with Crippen LogP contribution in [0.2, 0.25) is 0 Å². The number of rotatable bonds is 6. The zero-order chi connectivity index (χ0) is 15.5. The van der Waals surface area contributed by atoms with Crippen LogP contribution in [-0.4, -0.2) is 54.4 Å². The highest BCUT2D eigenvalue weighted by atomic mass is 16.5. The lowest BCUT2D eigenvalue weighted by Crippen LogP contribution is -2.64. The molecule has 120 valence electrons. The SMILES string of the molecule is CCOC1CC(NC(=O)N(C)CCC(=O)O)C12CCCC2. The number of carbonyl (C=O) groups excluding carboxylic acids is 1. The third kappa shape index (κ3) is 3.31. The quantitative estimate of drug-likeness (QED) is 0.784. The molecule has 2 rings (SSSR count). The lowest BCUT2D eigenvalue weighted by molar-refractivity contribution is -0.137. The summed E-state index contributed by atoms with van der Waals surface area (Å²) in [6.45, 7) is 2.95. The van der Waals surface area contributed by atoms with Gasteiger partial charge in [0.2, 0.25) is 0 Å². The smallest absolute Gasteiger partial charge is 0.317 e. The molecule has 2 amide bonds. The van der Waals surface area contributed by atoms with Gasteiger partial charge in [-0.2, -0.15) is 0 Å². The van der Waals surface area contributed by atoms with Crippen LogP contribution in [0.5, 0.6) is 0 Å². The van der Waals surface area contributed by atoms with Crippen molar-refractivity contribution in [2.24, 2.45) is 5.41 Å². The van der Waals surface area contributed by atoms with E-state index in [4.69, 9.17) is 9.84 Å². The van der Waals surface area contributed by atoms with Crippen LogP contribution in [-0.2, 0) is 9.53 Å². The summed E-state index contributed by atoms with van der Waals surface area (Å²) in [5.41, 5.74) is 0.110. The molecule has 6 heteroatoms. The fourth-order valence-electron chi connectivity index (χ4n) is 3.71. The molecule has 2 aliphatic rings. The van der Waals surface area contributed by atoms with E-state index in [2.05, 4.69) is 5.32 Å². The van der Waals surface area contributed by atoms with E-state index in [-0.39, 0.29) is 36.6 Å². The van der Waals surface area contributed by atoms with Gasteiger partial charge in [0.05, 0.1) is 12.5 Å². The number of carbonyl (C=O) groups is 2. The summed E-state index contributed by atoms with van der Waals surface area (Å²) < 4.78 is 5.82. The van der Waals surface area contributed by atoms with E-state index in [1.165, 1.54) is 17.7 Å². The van der Waals surface area contributed by atoms with Crippen molar-refractivity contribution in [3.05, 3.63) is 0 Å². The lowest BCUT2D eigenvalue weighted by atomic mass is 9.60. The number of aliphatic carboxylic acids is 1. The topological polar surface area (TPSA) is 78.9 Å². The maximum absolute atomic E-state index is 12.1. The first-order valence-corrected chi connectivity index (χ1v) is 7.84. The van der Waals surface area contributed by atoms with E-state index in [0.29, 0.717) is 6.61 Å². The van der Waals surface area contributed by atoms with E-state index >= 15 is 0 Å². The summed E-state index contributed by atoms with van der Waals surface area (Å²) in [7, 11) is 1.64. The lowest BCUT2D eigenvalue weighted by Gasteiger charge is -2.54. The van der Waals surface area contributed by atoms with Crippen LogP contribution in [0, 0.1) is 5.41 Å². The number of nitrogens with zero attached hydrogens (tertiary/aromatic N) is 1. The van der Waals surface area contributed by atoms with Crippen LogP contribution in [0.15, 0.2) is 0 Å². The Kier molecular flexibility index (Phi) is 5.08. The highest BCUT2D eigenvalue weighted by Gasteiger charge is 2.57. The first-order chi connectivity index (χ1) is 9.99. The van der Waals surface area contributed by atoms with Crippen molar-refractivity contribution in [3.63, 3.8) is 0 Å². The normalized spacial score (nSPS) is 26.4. The Morgan fingerprint density at radius 3 is 2.62 bits per heavy atom. The Labute approximate surface area is 125 Å². The molecule has 0 saturated heterocycles. The third-order valence-corrected chi connectivity index (χ3v) is 4.99. The fraction of sp³-hybridized carbons (Fsp3) is 0.867. The summed E-state index contributed by atoms with van der Waals surface area (Å²) in [6, 6.07) is -0.0150. The maximum atomic E-state index is 12.1. The van der Waals surface area contributed by atoms with Crippen molar-refractivity contribution in [1.82, 2.24) is 10.2 Å². The minimum absolute atomic E-state index is 0.0265. The standard InChI is InChI=1S/C15H26N2O4/c1-3-21-12-10-11(15(12)7-4-5-8-15)16-14(20)17(2)9-6-13(18)19/h11-12H,3-10H2,1-2H3,(H,16,20)(H,18,19). The molecule has 2 saturated carbocycles. The monoisotopic (exact) mass is 298 g/mol. The van der Waals surface area contributed by atoms with Gasteiger partial charge in [0.25, 0.3) is 0 Å². The molecule has 0 aromatic heterocycles. The Balaban J connectivity index is 1.87. The minimum Gasteiger partial charge on any atom is -0.481 e. The average molecular weight is 298 g/mol. The number of hydrogen-bond acceptors (Lipinski definition) is 3. The number of amides is 2. The summed E-state index contributed by atoms with van der Waals surface area (Å²) >= 11 is 0. The number of urea groups is 1. The predicted molar refractivity (Wildman–Crippen MR) is 78.1 cm³/mol. The average Bonchev–Trinajstić information content (AvgIpc) is 2.95. The van der Waals surface area contributed by atoms with Gasteiger partial charge in [-0.1, -0.05) is 12.8 Å². The Hall–Kier alpha value is -1.30. The molecule has 21 heavy (non-hydrogen) atoms. The summed E-state index contributed by atoms with van der Waals surface area (Å²) in [4.78, 5) is 24.2. The summed E-state index contributed by atoms with van der Waals surface area (Å²) in [5, 5.41) is 11.7. The van der Waals surface area contributed by atoms with E-state index in [9.17, 15) is 9.59 Å². The first kappa shape index (κ1) is 16.1. The molecular formula is C15H26N2O4. The van der Waals surface area contributed by atoms with Gasteiger partial charge in [-0.25, -0.2) is 4.79 Å². The van der Waals surface area contributed by atoms with Gasteiger partial charge in [-0.05, 0) is 26.2 Å². The van der Waals surface area contributed by atoms with Crippen molar-refractivity contribution < 1.29 is 19.4 Å². The second-order valence-electron chi connectivity index (χ2n) is 6.19. The zero-order valence-corrected chi connectivity index (χ0v) is 12.9. The number of ether oxygens (including phenoxy) is 1. The molecule has 2 fully saturated rings. The van der Waals surface area contributed by atoms with E-state index in [1.807, 2.05) is 6.92 Å². The van der Waals surface area contributed by atoms with Gasteiger partial charge >= 0.3 is 12.0 Å². The molecule has 0 bridgehead atoms. The molecule has 1 spiro atoms. The van der Waals surface area contributed by atoms with Crippen molar-refractivity contribution in [1.29, 1.82) is 0 Å². The van der Waals surface area contributed by atoms with Crippen LogP contribution < -0.4 is 5.32 Å². The van der Waals surface area contributed by atoms with Gasteiger partial charge < -0.3 is 20.1 Å². The Morgan fingerprint density at radius 2 is 2.05 bits per heavy atom. The van der Waals surface area contributed by atoms with Gasteiger partial charge in [0.1, 0.15) is 0 Å². The molecule has 0 radical (unpaired) electrons. The van der Waals surface area contributed by atoms with Crippen molar-refractivity contribution >= 4 is 12.0 Å². The van der Waals surface area contributed by atoms with E-state index in [1.54, 1.807) is 7.05 Å². The number of nitrogens with one attached hydrogen (secondary N) is 1. The molecule has 6 nitrogen and oxygen atoms in total. The molecule has 0 heterocycles. The minimum atomic E-state index is -0.887. The third-order valence-electron chi connectivity index (χ3n) is 4.99. The predicted octanol–water partition coefficient (Wildman–Crippen LogP) is 1.84. The van der Waals surface area contributed by atoms with Crippen LogP contribution >= 0.6 is 0 Å². The maximum Gasteiger partial charge on any atom is 0.317 e.